The van der Waals surface area contributed by atoms with Gasteiger partial charge in [0.25, 0.3) is 0 Å². The van der Waals surface area contributed by atoms with Gasteiger partial charge in [-0.2, -0.15) is 0 Å². The van der Waals surface area contributed by atoms with Crippen molar-refractivity contribution in [1.82, 2.24) is 4.90 Å². The Morgan fingerprint density at radius 3 is 2.32 bits per heavy atom. The monoisotopic (exact) mass is 271 g/mol. The first-order valence-electron chi connectivity index (χ1n) is 6.30. The highest BCUT2D eigenvalue weighted by molar-refractivity contribution is 5.34. The Morgan fingerprint density at radius 2 is 1.79 bits per heavy atom. The van der Waals surface area contributed by atoms with Gasteiger partial charge in [-0.3, -0.25) is 4.90 Å². The Balaban J connectivity index is 2.83. The van der Waals surface area contributed by atoms with Gasteiger partial charge < -0.3 is 14.6 Å². The second-order valence-electron chi connectivity index (χ2n) is 4.40. The van der Waals surface area contributed by atoms with Crippen molar-refractivity contribution < 1.29 is 19.0 Å². The lowest BCUT2D eigenvalue weighted by atomic mass is 10.1. The van der Waals surface area contributed by atoms with Gasteiger partial charge in [0.2, 0.25) is 0 Å². The number of nitrogens with zero attached hydrogens (tertiary/aromatic N) is 1. The first-order valence-corrected chi connectivity index (χ1v) is 6.30. The number of phenolic OH excluding ortho intramolecular Hbond substituents is 1. The van der Waals surface area contributed by atoms with E-state index in [-0.39, 0.29) is 17.6 Å². The number of phenols is 1. The van der Waals surface area contributed by atoms with Gasteiger partial charge in [0.1, 0.15) is 11.6 Å². The van der Waals surface area contributed by atoms with E-state index in [4.69, 9.17) is 9.47 Å². The van der Waals surface area contributed by atoms with Crippen LogP contribution in [0.3, 0.4) is 0 Å². The minimum absolute atomic E-state index is 0.105. The molecule has 0 aliphatic heterocycles. The molecule has 0 amide bonds. The van der Waals surface area contributed by atoms with E-state index < -0.39 is 0 Å². The van der Waals surface area contributed by atoms with Gasteiger partial charge in [-0.1, -0.05) is 0 Å². The highest BCUT2D eigenvalue weighted by Crippen LogP contribution is 2.28. The highest BCUT2D eigenvalue weighted by Gasteiger charge is 2.18. The molecule has 0 spiro atoms. The average Bonchev–Trinajstić information content (AvgIpc) is 2.41. The maximum absolute atomic E-state index is 13.3. The van der Waals surface area contributed by atoms with Crippen molar-refractivity contribution in [1.29, 1.82) is 0 Å². The van der Waals surface area contributed by atoms with Crippen molar-refractivity contribution >= 4 is 0 Å². The SMILES string of the molecule is COCCN(CCOC)C(C)c1cc(F)ccc1O. The normalized spacial score (nSPS) is 12.9. The highest BCUT2D eigenvalue weighted by atomic mass is 19.1. The largest absolute Gasteiger partial charge is 0.508 e. The Kier molecular flexibility index (Phi) is 6.77. The van der Waals surface area contributed by atoms with E-state index >= 15 is 0 Å². The summed E-state index contributed by atoms with van der Waals surface area (Å²) in [5.41, 5.74) is 0.576. The third-order valence-electron chi connectivity index (χ3n) is 3.15. The molecular weight excluding hydrogens is 249 g/mol. The summed E-state index contributed by atoms with van der Waals surface area (Å²) in [7, 11) is 3.28. The predicted molar refractivity (Wildman–Crippen MR) is 71.8 cm³/mol. The number of aromatic hydroxyl groups is 1. The zero-order chi connectivity index (χ0) is 14.3. The molecule has 5 heteroatoms. The van der Waals surface area contributed by atoms with Gasteiger partial charge in [0.05, 0.1) is 13.2 Å². The molecule has 0 aromatic heterocycles. The first kappa shape index (κ1) is 15.9. The van der Waals surface area contributed by atoms with Crippen LogP contribution in [-0.4, -0.2) is 50.5 Å². The van der Waals surface area contributed by atoms with Crippen molar-refractivity contribution in [3.05, 3.63) is 29.6 Å². The molecule has 1 aromatic rings. The fraction of sp³-hybridized carbons (Fsp3) is 0.571. The molecule has 0 fully saturated rings. The molecule has 1 N–H and O–H groups in total. The van der Waals surface area contributed by atoms with Crippen LogP contribution in [0.25, 0.3) is 0 Å². The Hall–Kier alpha value is -1.17. The quantitative estimate of drug-likeness (QED) is 0.787. The fourth-order valence-electron chi connectivity index (χ4n) is 1.97. The van der Waals surface area contributed by atoms with E-state index in [1.165, 1.54) is 18.2 Å². The summed E-state index contributed by atoms with van der Waals surface area (Å²) in [4.78, 5) is 2.08. The molecule has 0 saturated heterocycles. The molecule has 0 saturated carbocycles. The maximum atomic E-state index is 13.3. The summed E-state index contributed by atoms with van der Waals surface area (Å²) in [6.45, 7) is 4.46. The minimum Gasteiger partial charge on any atom is -0.508 e. The summed E-state index contributed by atoms with van der Waals surface area (Å²) in [6.07, 6.45) is 0. The summed E-state index contributed by atoms with van der Waals surface area (Å²) in [5.74, 6) is -0.244. The van der Waals surface area contributed by atoms with Gasteiger partial charge in [-0.05, 0) is 25.1 Å². The molecule has 4 nitrogen and oxygen atoms in total. The van der Waals surface area contributed by atoms with E-state index in [0.717, 1.165) is 0 Å². The number of rotatable bonds is 8. The number of benzene rings is 1. The Labute approximate surface area is 113 Å². The number of methoxy groups -OCH3 is 2. The van der Waals surface area contributed by atoms with Gasteiger partial charge in [0.15, 0.2) is 0 Å². The van der Waals surface area contributed by atoms with Crippen LogP contribution in [0.5, 0.6) is 5.75 Å². The van der Waals surface area contributed by atoms with E-state index in [1.54, 1.807) is 14.2 Å². The molecule has 19 heavy (non-hydrogen) atoms. The van der Waals surface area contributed by atoms with E-state index in [9.17, 15) is 9.50 Å². The number of halogens is 1. The lowest BCUT2D eigenvalue weighted by Gasteiger charge is -2.29. The van der Waals surface area contributed by atoms with Crippen LogP contribution >= 0.6 is 0 Å². The molecule has 0 bridgehead atoms. The summed E-state index contributed by atoms with van der Waals surface area (Å²) < 4.78 is 23.4. The first-order chi connectivity index (χ1) is 9.10. The standard InChI is InChI=1S/C14H22FNO3/c1-11(13-10-12(15)4-5-14(13)17)16(6-8-18-2)7-9-19-3/h4-5,10-11,17H,6-9H2,1-3H3. The van der Waals surface area contributed by atoms with Crippen molar-refractivity contribution in [3.63, 3.8) is 0 Å². The van der Waals surface area contributed by atoms with Crippen molar-refractivity contribution in [2.75, 3.05) is 40.5 Å². The van der Waals surface area contributed by atoms with Crippen molar-refractivity contribution in [2.24, 2.45) is 0 Å². The van der Waals surface area contributed by atoms with Crippen LogP contribution in [0.2, 0.25) is 0 Å². The van der Waals surface area contributed by atoms with E-state index in [0.29, 0.717) is 31.9 Å². The fourth-order valence-corrected chi connectivity index (χ4v) is 1.97. The van der Waals surface area contributed by atoms with Gasteiger partial charge >= 0.3 is 0 Å². The van der Waals surface area contributed by atoms with Gasteiger partial charge in [-0.25, -0.2) is 4.39 Å². The van der Waals surface area contributed by atoms with Crippen LogP contribution < -0.4 is 0 Å². The van der Waals surface area contributed by atoms with Crippen LogP contribution in [0.1, 0.15) is 18.5 Å². The summed E-state index contributed by atoms with van der Waals surface area (Å²) >= 11 is 0. The number of ether oxygens (including phenoxy) is 2. The lowest BCUT2D eigenvalue weighted by Crippen LogP contribution is -2.33. The second-order valence-corrected chi connectivity index (χ2v) is 4.40. The molecule has 0 aliphatic rings. The topological polar surface area (TPSA) is 41.9 Å². The predicted octanol–water partition coefficient (Wildman–Crippen LogP) is 2.19. The molecular formula is C14H22FNO3. The van der Waals surface area contributed by atoms with E-state index in [2.05, 4.69) is 4.90 Å². The van der Waals surface area contributed by atoms with Crippen LogP contribution in [0.15, 0.2) is 18.2 Å². The summed E-state index contributed by atoms with van der Waals surface area (Å²) in [6, 6.07) is 3.89. The molecule has 0 aliphatic carbocycles. The van der Waals surface area contributed by atoms with Crippen molar-refractivity contribution in [2.45, 2.75) is 13.0 Å². The van der Waals surface area contributed by atoms with Crippen LogP contribution in [0, 0.1) is 5.82 Å². The molecule has 1 aromatic carbocycles. The van der Waals surface area contributed by atoms with Gasteiger partial charge in [-0.15, -0.1) is 0 Å². The molecule has 1 unspecified atom stereocenters. The number of hydrogen-bond acceptors (Lipinski definition) is 4. The van der Waals surface area contributed by atoms with Crippen molar-refractivity contribution in [3.8, 4) is 5.75 Å². The molecule has 1 atom stereocenters. The third kappa shape index (κ3) is 4.78. The lowest BCUT2D eigenvalue weighted by molar-refractivity contribution is 0.0911. The van der Waals surface area contributed by atoms with Gasteiger partial charge in [0, 0.05) is 38.9 Å². The second kappa shape index (κ2) is 8.09. The van der Waals surface area contributed by atoms with Crippen LogP contribution in [-0.2, 0) is 9.47 Å². The summed E-state index contributed by atoms with van der Waals surface area (Å²) in [5, 5.41) is 9.85. The Bertz CT molecular complexity index is 379. The zero-order valence-corrected chi connectivity index (χ0v) is 11.7. The zero-order valence-electron chi connectivity index (χ0n) is 11.7. The maximum Gasteiger partial charge on any atom is 0.123 e. The smallest absolute Gasteiger partial charge is 0.123 e. The molecule has 0 heterocycles. The molecule has 0 radical (unpaired) electrons. The van der Waals surface area contributed by atoms with E-state index in [1.807, 2.05) is 6.92 Å². The molecule has 1 rings (SSSR count). The van der Waals surface area contributed by atoms with Crippen LogP contribution in [0.4, 0.5) is 4.39 Å². The number of hydrogen-bond donors (Lipinski definition) is 1. The Morgan fingerprint density at radius 1 is 1.21 bits per heavy atom. The molecule has 108 valence electrons. The average molecular weight is 271 g/mol. The third-order valence-corrected chi connectivity index (χ3v) is 3.15. The minimum atomic E-state index is -0.349.